The van der Waals surface area contributed by atoms with Gasteiger partial charge in [-0.1, -0.05) is 19.1 Å². The van der Waals surface area contributed by atoms with Crippen LogP contribution in [0.2, 0.25) is 0 Å². The quantitative estimate of drug-likeness (QED) is 0.384. The normalized spacial score (nSPS) is 19.1. The number of aromatic carboxylic acids is 1. The van der Waals surface area contributed by atoms with Gasteiger partial charge in [-0.05, 0) is 75.4 Å². The Bertz CT molecular complexity index is 1570. The molecule has 0 radical (unpaired) electrons. The standard InChI is InChI=1S/C30H32F2N2O6/c1-15-16(2)33(29(38)40-30(3,4)5)13-18-12-17(6-9-20(15)18)21-10-11-22-24(26(21)39-28(31)32)34(19-7-8-19)14-23(25(22)35)27(36)37/h6,9-12,14-16,19,28H,7-8,13H2,1-5H3,(H,36,37). The van der Waals surface area contributed by atoms with Gasteiger partial charge in [0, 0.05) is 36.3 Å². The van der Waals surface area contributed by atoms with E-state index in [1.807, 2.05) is 32.0 Å². The number of carbonyl (C=O) groups is 2. The zero-order chi connectivity index (χ0) is 29.1. The Morgan fingerprint density at radius 2 is 1.80 bits per heavy atom. The third kappa shape index (κ3) is 5.02. The Balaban J connectivity index is 1.67. The number of carbonyl (C=O) groups excluding carboxylic acids is 1. The molecule has 2 heterocycles. The number of halogens is 2. The predicted molar refractivity (Wildman–Crippen MR) is 145 cm³/mol. The van der Waals surface area contributed by atoms with Crippen LogP contribution in [-0.2, 0) is 11.3 Å². The fourth-order valence-electron chi connectivity index (χ4n) is 5.41. The highest BCUT2D eigenvalue weighted by Crippen LogP contribution is 2.44. The van der Waals surface area contributed by atoms with Crippen LogP contribution in [0.25, 0.3) is 22.0 Å². The summed E-state index contributed by atoms with van der Waals surface area (Å²) in [5.41, 5.74) is 1.09. The van der Waals surface area contributed by atoms with Gasteiger partial charge in [-0.15, -0.1) is 0 Å². The number of amides is 1. The van der Waals surface area contributed by atoms with Gasteiger partial charge in [-0.2, -0.15) is 8.78 Å². The van der Waals surface area contributed by atoms with E-state index in [0.29, 0.717) is 11.1 Å². The van der Waals surface area contributed by atoms with Crippen molar-refractivity contribution in [2.45, 2.75) is 84.2 Å². The molecular formula is C30H32F2N2O6. The molecular weight excluding hydrogens is 522 g/mol. The summed E-state index contributed by atoms with van der Waals surface area (Å²) in [5.74, 6) is -1.57. The van der Waals surface area contributed by atoms with Crippen molar-refractivity contribution >= 4 is 23.0 Å². The second-order valence-electron chi connectivity index (χ2n) is 11.6. The summed E-state index contributed by atoms with van der Waals surface area (Å²) >= 11 is 0. The number of alkyl halides is 2. The van der Waals surface area contributed by atoms with E-state index in [1.165, 1.54) is 18.3 Å². The third-order valence-corrected chi connectivity index (χ3v) is 7.65. The number of hydrogen-bond acceptors (Lipinski definition) is 5. The number of pyridine rings is 1. The first kappa shape index (κ1) is 27.6. The van der Waals surface area contributed by atoms with Crippen molar-refractivity contribution in [3.8, 4) is 16.9 Å². The highest BCUT2D eigenvalue weighted by molar-refractivity contribution is 5.97. The molecule has 2 aromatic carbocycles. The lowest BCUT2D eigenvalue weighted by molar-refractivity contribution is -0.0486. The van der Waals surface area contributed by atoms with E-state index in [-0.39, 0.29) is 41.2 Å². The molecule has 1 N–H and O–H groups in total. The van der Waals surface area contributed by atoms with Crippen molar-refractivity contribution in [2.75, 3.05) is 0 Å². The van der Waals surface area contributed by atoms with Gasteiger partial charge in [0.05, 0.1) is 10.9 Å². The van der Waals surface area contributed by atoms with Gasteiger partial charge in [0.25, 0.3) is 0 Å². The number of carboxylic acid groups (broad SMARTS) is 1. The summed E-state index contributed by atoms with van der Waals surface area (Å²) < 4.78 is 39.8. The molecule has 1 aliphatic carbocycles. The maximum absolute atomic E-state index is 13.8. The third-order valence-electron chi connectivity index (χ3n) is 7.65. The number of fused-ring (bicyclic) bond motifs is 2. The Hall–Kier alpha value is -3.95. The lowest BCUT2D eigenvalue weighted by atomic mass is 9.84. The summed E-state index contributed by atoms with van der Waals surface area (Å²) in [6, 6.07) is 8.32. The molecule has 1 amide bonds. The molecule has 2 atom stereocenters. The molecule has 212 valence electrons. The molecule has 2 aliphatic rings. The largest absolute Gasteiger partial charge is 0.477 e. The molecule has 1 aliphatic heterocycles. The monoisotopic (exact) mass is 554 g/mol. The zero-order valence-electron chi connectivity index (χ0n) is 23.0. The van der Waals surface area contributed by atoms with E-state index in [0.717, 1.165) is 24.0 Å². The SMILES string of the molecule is CC1c2ccc(-c3ccc4c(=O)c(C(=O)O)cn(C5CC5)c4c3OC(F)F)cc2CN(C(=O)OC(C)(C)C)C1C. The van der Waals surface area contributed by atoms with Gasteiger partial charge in [-0.3, -0.25) is 4.79 Å². The van der Waals surface area contributed by atoms with Crippen LogP contribution < -0.4 is 10.2 Å². The Kier molecular flexibility index (Phi) is 6.84. The summed E-state index contributed by atoms with van der Waals surface area (Å²) in [7, 11) is 0. The summed E-state index contributed by atoms with van der Waals surface area (Å²) in [4.78, 5) is 39.4. The van der Waals surface area contributed by atoms with Crippen molar-refractivity contribution in [1.29, 1.82) is 0 Å². The van der Waals surface area contributed by atoms with Crippen molar-refractivity contribution in [1.82, 2.24) is 9.47 Å². The van der Waals surface area contributed by atoms with E-state index in [1.54, 1.807) is 30.2 Å². The first-order chi connectivity index (χ1) is 18.8. The topological polar surface area (TPSA) is 98.1 Å². The van der Waals surface area contributed by atoms with Crippen LogP contribution in [0, 0.1) is 0 Å². The van der Waals surface area contributed by atoms with E-state index >= 15 is 0 Å². The number of ether oxygens (including phenoxy) is 2. The zero-order valence-corrected chi connectivity index (χ0v) is 23.0. The smallest absolute Gasteiger partial charge is 0.410 e. The van der Waals surface area contributed by atoms with Crippen molar-refractivity contribution in [3.63, 3.8) is 0 Å². The summed E-state index contributed by atoms with van der Waals surface area (Å²) in [5, 5.41) is 9.58. The highest BCUT2D eigenvalue weighted by atomic mass is 19.3. The molecule has 8 nitrogen and oxygen atoms in total. The average Bonchev–Trinajstić information content (AvgIpc) is 3.70. The Morgan fingerprint density at radius 3 is 2.40 bits per heavy atom. The number of hydrogen-bond donors (Lipinski definition) is 1. The van der Waals surface area contributed by atoms with Gasteiger partial charge in [0.15, 0.2) is 5.75 Å². The molecule has 0 spiro atoms. The van der Waals surface area contributed by atoms with Crippen LogP contribution >= 0.6 is 0 Å². The molecule has 40 heavy (non-hydrogen) atoms. The number of nitrogens with zero attached hydrogens (tertiary/aromatic N) is 2. The fraction of sp³-hybridized carbons (Fsp3) is 0.433. The van der Waals surface area contributed by atoms with Crippen LogP contribution in [0.15, 0.2) is 41.3 Å². The van der Waals surface area contributed by atoms with E-state index in [4.69, 9.17) is 9.47 Å². The fourth-order valence-corrected chi connectivity index (χ4v) is 5.41. The van der Waals surface area contributed by atoms with E-state index in [9.17, 15) is 28.3 Å². The Morgan fingerprint density at radius 1 is 1.10 bits per heavy atom. The minimum Gasteiger partial charge on any atom is -0.477 e. The van der Waals surface area contributed by atoms with Gasteiger partial charge in [0.1, 0.15) is 11.2 Å². The van der Waals surface area contributed by atoms with Crippen LogP contribution in [0.1, 0.15) is 80.9 Å². The maximum Gasteiger partial charge on any atom is 0.410 e. The highest BCUT2D eigenvalue weighted by Gasteiger charge is 2.35. The van der Waals surface area contributed by atoms with Gasteiger partial charge < -0.3 is 24.0 Å². The number of rotatable bonds is 5. The summed E-state index contributed by atoms with van der Waals surface area (Å²) in [6.45, 7) is 6.50. The summed E-state index contributed by atoms with van der Waals surface area (Å²) in [6.07, 6.45) is 2.25. The van der Waals surface area contributed by atoms with Crippen LogP contribution in [0.3, 0.4) is 0 Å². The number of carboxylic acids is 1. The lowest BCUT2D eigenvalue weighted by Crippen LogP contribution is -2.46. The molecule has 5 rings (SSSR count). The lowest BCUT2D eigenvalue weighted by Gasteiger charge is -2.40. The Labute approximate surface area is 230 Å². The van der Waals surface area contributed by atoms with Crippen molar-refractivity contribution in [3.05, 3.63) is 63.4 Å². The molecule has 1 fully saturated rings. The number of benzene rings is 2. The predicted octanol–water partition coefficient (Wildman–Crippen LogP) is 6.55. The van der Waals surface area contributed by atoms with Gasteiger partial charge in [-0.25, -0.2) is 9.59 Å². The molecule has 0 saturated heterocycles. The van der Waals surface area contributed by atoms with Gasteiger partial charge in [0.2, 0.25) is 5.43 Å². The molecule has 2 unspecified atom stereocenters. The second kappa shape index (κ2) is 9.91. The van der Waals surface area contributed by atoms with Crippen LogP contribution in [0.5, 0.6) is 5.75 Å². The molecule has 1 saturated carbocycles. The van der Waals surface area contributed by atoms with E-state index < -0.39 is 35.3 Å². The molecule has 3 aromatic rings. The minimum absolute atomic E-state index is 0.00251. The van der Waals surface area contributed by atoms with Crippen molar-refractivity contribution < 1.29 is 33.0 Å². The first-order valence-corrected chi connectivity index (χ1v) is 13.3. The van der Waals surface area contributed by atoms with Crippen LogP contribution in [0.4, 0.5) is 13.6 Å². The average molecular weight is 555 g/mol. The number of aromatic nitrogens is 1. The van der Waals surface area contributed by atoms with Crippen LogP contribution in [-0.4, -0.2) is 44.9 Å². The molecule has 0 bridgehead atoms. The second-order valence-corrected chi connectivity index (χ2v) is 11.6. The van der Waals surface area contributed by atoms with E-state index in [2.05, 4.69) is 0 Å². The minimum atomic E-state index is -3.17. The maximum atomic E-state index is 13.8. The molecule has 1 aromatic heterocycles. The molecule has 10 heteroatoms. The first-order valence-electron chi connectivity index (χ1n) is 13.3. The van der Waals surface area contributed by atoms with Gasteiger partial charge >= 0.3 is 18.7 Å². The van der Waals surface area contributed by atoms with Crippen molar-refractivity contribution in [2.24, 2.45) is 0 Å².